The predicted octanol–water partition coefficient (Wildman–Crippen LogP) is 3.94. The number of hydrogen-bond acceptors (Lipinski definition) is 6. The Labute approximate surface area is 174 Å². The summed E-state index contributed by atoms with van der Waals surface area (Å²) in [7, 11) is 1.13. The molecule has 0 saturated carbocycles. The molecule has 2 N–H and O–H groups in total. The second-order valence-electron chi connectivity index (χ2n) is 6.54. The fraction of sp³-hybridized carbons (Fsp3) is 0.300. The number of fused-ring (bicyclic) bond motifs is 1. The fourth-order valence-electron chi connectivity index (χ4n) is 2.98. The lowest BCUT2D eigenvalue weighted by Crippen LogP contribution is -2.37. The maximum Gasteiger partial charge on any atom is 0.416 e. The first-order valence-corrected chi connectivity index (χ1v) is 9.15. The number of esters is 1. The monoisotopic (exact) mass is 443 g/mol. The van der Waals surface area contributed by atoms with E-state index in [1.165, 1.54) is 12.1 Å². The lowest BCUT2D eigenvalue weighted by Gasteiger charge is -2.28. The van der Waals surface area contributed by atoms with Gasteiger partial charge in [0.25, 0.3) is 0 Å². The molecule has 0 saturated heterocycles. The van der Waals surface area contributed by atoms with Crippen LogP contribution in [-0.2, 0) is 15.7 Å². The van der Waals surface area contributed by atoms with Gasteiger partial charge in [0.1, 0.15) is 30.3 Å². The van der Waals surface area contributed by atoms with Crippen molar-refractivity contribution in [3.05, 3.63) is 58.1 Å². The van der Waals surface area contributed by atoms with Gasteiger partial charge in [-0.15, -0.1) is 0 Å². The molecule has 6 nitrogen and oxygen atoms in total. The number of halogens is 4. The van der Waals surface area contributed by atoms with Crippen LogP contribution in [0, 0.1) is 0 Å². The van der Waals surface area contributed by atoms with Crippen molar-refractivity contribution in [3.63, 3.8) is 0 Å². The normalized spacial score (nSPS) is 17.0. The van der Waals surface area contributed by atoms with E-state index in [0.717, 1.165) is 19.2 Å². The molecule has 160 valence electrons. The van der Waals surface area contributed by atoms with E-state index in [1.54, 1.807) is 12.1 Å². The summed E-state index contributed by atoms with van der Waals surface area (Å²) in [5.41, 5.74) is 5.13. The Hall–Kier alpha value is -2.78. The molecule has 2 unspecified atom stereocenters. The molecule has 3 rings (SSSR count). The maximum absolute atomic E-state index is 13.2. The van der Waals surface area contributed by atoms with Crippen molar-refractivity contribution in [2.24, 2.45) is 5.73 Å². The SMILES string of the molecule is COC(=O)C(N)COc1cc(C(F)(F)F)ccc1C1CC(=O)c2cccc(Cl)c2O1. The zero-order valence-corrected chi connectivity index (χ0v) is 16.4. The van der Waals surface area contributed by atoms with Crippen molar-refractivity contribution in [3.8, 4) is 11.5 Å². The van der Waals surface area contributed by atoms with Crippen LogP contribution >= 0.6 is 11.6 Å². The predicted molar refractivity (Wildman–Crippen MR) is 101 cm³/mol. The second-order valence-corrected chi connectivity index (χ2v) is 6.95. The molecule has 0 aliphatic carbocycles. The first kappa shape index (κ1) is 21.9. The molecule has 10 heteroatoms. The first-order chi connectivity index (χ1) is 14.1. The van der Waals surface area contributed by atoms with Crippen LogP contribution in [0.1, 0.15) is 34.0 Å². The summed E-state index contributed by atoms with van der Waals surface area (Å²) in [6.45, 7) is -0.432. The standard InChI is InChI=1S/C20H17ClF3NO5/c1-28-19(27)14(25)9-29-16-7-10(20(22,23)24)5-6-12(16)17-8-15(26)11-3-2-4-13(21)18(11)30-17/h2-7,14,17H,8-9,25H2,1H3. The number of alkyl halides is 3. The molecule has 0 aromatic heterocycles. The van der Waals surface area contributed by atoms with E-state index in [4.69, 9.17) is 26.8 Å². The number of ketones is 1. The van der Waals surface area contributed by atoms with Gasteiger partial charge in [-0.1, -0.05) is 23.7 Å². The molecule has 0 radical (unpaired) electrons. The number of methoxy groups -OCH3 is 1. The number of rotatable bonds is 5. The third-order valence-corrected chi connectivity index (χ3v) is 4.81. The van der Waals surface area contributed by atoms with E-state index in [2.05, 4.69) is 4.74 Å². The quantitative estimate of drug-likeness (QED) is 0.704. The Morgan fingerprint density at radius 1 is 1.33 bits per heavy atom. The van der Waals surface area contributed by atoms with Crippen LogP contribution in [0.15, 0.2) is 36.4 Å². The van der Waals surface area contributed by atoms with Crippen LogP contribution < -0.4 is 15.2 Å². The smallest absolute Gasteiger partial charge is 0.416 e. The van der Waals surface area contributed by atoms with Gasteiger partial charge in [-0.2, -0.15) is 13.2 Å². The van der Waals surface area contributed by atoms with Crippen LogP contribution in [-0.4, -0.2) is 31.5 Å². The molecular weight excluding hydrogens is 427 g/mol. The second kappa shape index (κ2) is 8.53. The summed E-state index contributed by atoms with van der Waals surface area (Å²) in [4.78, 5) is 24.0. The molecule has 1 aliphatic rings. The summed E-state index contributed by atoms with van der Waals surface area (Å²) in [5, 5.41) is 0.202. The molecule has 30 heavy (non-hydrogen) atoms. The minimum Gasteiger partial charge on any atom is -0.491 e. The van der Waals surface area contributed by atoms with Gasteiger partial charge in [-0.25, -0.2) is 0 Å². The first-order valence-electron chi connectivity index (χ1n) is 8.77. The van der Waals surface area contributed by atoms with Gasteiger partial charge in [0.2, 0.25) is 0 Å². The number of nitrogens with two attached hydrogens (primary N) is 1. The topological polar surface area (TPSA) is 87.9 Å². The van der Waals surface area contributed by atoms with Crippen molar-refractivity contribution in [2.45, 2.75) is 24.7 Å². The van der Waals surface area contributed by atoms with E-state index < -0.39 is 36.5 Å². The highest BCUT2D eigenvalue weighted by atomic mass is 35.5. The number of carbonyl (C=O) groups excluding carboxylic acids is 2. The molecule has 0 spiro atoms. The van der Waals surface area contributed by atoms with E-state index >= 15 is 0 Å². The molecule has 1 aliphatic heterocycles. The van der Waals surface area contributed by atoms with E-state index in [0.29, 0.717) is 5.56 Å². The molecular formula is C20H17ClF3NO5. The minimum absolute atomic E-state index is 0.127. The number of ether oxygens (including phenoxy) is 3. The molecule has 0 bridgehead atoms. The molecule has 1 heterocycles. The summed E-state index contributed by atoms with van der Waals surface area (Å²) in [5.74, 6) is -1.12. The van der Waals surface area contributed by atoms with Gasteiger partial charge in [0.15, 0.2) is 5.78 Å². The summed E-state index contributed by atoms with van der Waals surface area (Å²) in [6, 6.07) is 6.29. The zero-order chi connectivity index (χ0) is 22.1. The van der Waals surface area contributed by atoms with Crippen LogP contribution in [0.4, 0.5) is 13.2 Å². The highest BCUT2D eigenvalue weighted by Crippen LogP contribution is 2.43. The lowest BCUT2D eigenvalue weighted by atomic mass is 9.95. The minimum atomic E-state index is -4.62. The summed E-state index contributed by atoms with van der Waals surface area (Å²) < 4.78 is 55.3. The van der Waals surface area contributed by atoms with Crippen LogP contribution in [0.2, 0.25) is 5.02 Å². The van der Waals surface area contributed by atoms with Gasteiger partial charge in [0, 0.05) is 5.56 Å². The Balaban J connectivity index is 1.96. The Bertz CT molecular complexity index is 979. The molecule has 2 aromatic rings. The largest absolute Gasteiger partial charge is 0.491 e. The fourth-order valence-corrected chi connectivity index (χ4v) is 3.20. The van der Waals surface area contributed by atoms with Gasteiger partial charge < -0.3 is 19.9 Å². The van der Waals surface area contributed by atoms with Crippen molar-refractivity contribution in [1.82, 2.24) is 0 Å². The summed E-state index contributed by atoms with van der Waals surface area (Å²) in [6.07, 6.45) is -5.69. The number of hydrogen-bond donors (Lipinski definition) is 1. The average Bonchev–Trinajstić information content (AvgIpc) is 2.71. The maximum atomic E-state index is 13.2. The highest BCUT2D eigenvalue weighted by molar-refractivity contribution is 6.32. The van der Waals surface area contributed by atoms with Gasteiger partial charge in [-0.05, 0) is 24.3 Å². The lowest BCUT2D eigenvalue weighted by molar-refractivity contribution is -0.143. The number of benzene rings is 2. The number of Topliss-reactive ketones (excluding diaryl/α,β-unsaturated/α-hetero) is 1. The van der Waals surface area contributed by atoms with Gasteiger partial charge >= 0.3 is 12.1 Å². The Morgan fingerprint density at radius 2 is 2.07 bits per heavy atom. The van der Waals surface area contributed by atoms with E-state index in [-0.39, 0.29) is 34.3 Å². The van der Waals surface area contributed by atoms with Crippen LogP contribution in [0.3, 0.4) is 0 Å². The average molecular weight is 444 g/mol. The number of para-hydroxylation sites is 1. The number of carbonyl (C=O) groups is 2. The van der Waals surface area contributed by atoms with E-state index in [9.17, 15) is 22.8 Å². The van der Waals surface area contributed by atoms with Gasteiger partial charge in [0.05, 0.1) is 29.7 Å². The molecule has 0 amide bonds. The van der Waals surface area contributed by atoms with Crippen molar-refractivity contribution in [2.75, 3.05) is 13.7 Å². The molecule has 2 aromatic carbocycles. The van der Waals surface area contributed by atoms with Gasteiger partial charge in [-0.3, -0.25) is 9.59 Å². The Kier molecular flexibility index (Phi) is 6.23. The van der Waals surface area contributed by atoms with Crippen molar-refractivity contribution in [1.29, 1.82) is 0 Å². The summed E-state index contributed by atoms with van der Waals surface area (Å²) >= 11 is 6.11. The van der Waals surface area contributed by atoms with E-state index in [1.807, 2.05) is 0 Å². The molecule has 2 atom stereocenters. The highest BCUT2D eigenvalue weighted by Gasteiger charge is 2.35. The van der Waals surface area contributed by atoms with Crippen LogP contribution in [0.25, 0.3) is 0 Å². The Morgan fingerprint density at radius 3 is 2.73 bits per heavy atom. The van der Waals surface area contributed by atoms with Crippen LogP contribution in [0.5, 0.6) is 11.5 Å². The molecule has 0 fully saturated rings. The van der Waals surface area contributed by atoms with Crippen molar-refractivity contribution < 1.29 is 37.0 Å². The van der Waals surface area contributed by atoms with Crippen molar-refractivity contribution >= 4 is 23.4 Å². The zero-order valence-electron chi connectivity index (χ0n) is 15.7. The third-order valence-electron chi connectivity index (χ3n) is 4.51. The third kappa shape index (κ3) is 4.52.